The molecule has 2 atom stereocenters. The topological polar surface area (TPSA) is 108 Å². The average Bonchev–Trinajstić information content (AvgIpc) is 3.34. The quantitative estimate of drug-likeness (QED) is 0.272. The number of aromatic hydroxyl groups is 1. The van der Waals surface area contributed by atoms with Gasteiger partial charge in [0, 0.05) is 49.5 Å². The molecule has 0 saturated carbocycles. The molecule has 0 aliphatic carbocycles. The van der Waals surface area contributed by atoms with Gasteiger partial charge in [-0.05, 0) is 67.1 Å². The van der Waals surface area contributed by atoms with Crippen LogP contribution in [0.1, 0.15) is 36.8 Å². The number of piperidine rings is 1. The number of carbonyl (C=O) groups is 1. The van der Waals surface area contributed by atoms with Gasteiger partial charge < -0.3 is 30.3 Å². The van der Waals surface area contributed by atoms with Crippen LogP contribution in [-0.2, 0) is 11.3 Å². The SMILES string of the molecule is Nc1nnc(-c2ccccc2O)cc1N1CC2CCC(C1)N2c1cccc(C=C2CCN(C(=O)OCc3ccccc3)CC2)c1. The van der Waals surface area contributed by atoms with Crippen LogP contribution in [-0.4, -0.2) is 64.6 Å². The zero-order valence-electron chi connectivity index (χ0n) is 25.3. The van der Waals surface area contributed by atoms with Crippen molar-refractivity contribution in [1.82, 2.24) is 15.1 Å². The molecule has 3 saturated heterocycles. The number of phenolic OH excluding ortho intramolecular Hbond substituents is 1. The van der Waals surface area contributed by atoms with Crippen LogP contribution in [0.25, 0.3) is 17.3 Å². The molecule has 230 valence electrons. The van der Waals surface area contributed by atoms with Crippen LogP contribution in [0.2, 0.25) is 0 Å². The lowest BCUT2D eigenvalue weighted by Gasteiger charge is -2.43. The summed E-state index contributed by atoms with van der Waals surface area (Å²) < 4.78 is 5.54. The molecule has 45 heavy (non-hydrogen) atoms. The van der Waals surface area contributed by atoms with Crippen LogP contribution < -0.4 is 15.5 Å². The van der Waals surface area contributed by atoms with E-state index in [1.54, 1.807) is 12.1 Å². The van der Waals surface area contributed by atoms with Crippen LogP contribution in [0.4, 0.5) is 22.0 Å². The van der Waals surface area contributed by atoms with Crippen molar-refractivity contribution in [2.45, 2.75) is 44.4 Å². The van der Waals surface area contributed by atoms with Gasteiger partial charge in [0.2, 0.25) is 0 Å². The van der Waals surface area contributed by atoms with Crippen molar-refractivity contribution in [1.29, 1.82) is 0 Å². The van der Waals surface area contributed by atoms with Crippen molar-refractivity contribution in [3.8, 4) is 17.0 Å². The highest BCUT2D eigenvalue weighted by atomic mass is 16.6. The Morgan fingerprint density at radius 2 is 1.64 bits per heavy atom. The van der Waals surface area contributed by atoms with Gasteiger partial charge in [0.15, 0.2) is 5.82 Å². The molecule has 3 aliphatic rings. The molecule has 3 aliphatic heterocycles. The van der Waals surface area contributed by atoms with Crippen LogP contribution in [0.3, 0.4) is 0 Å². The average molecular weight is 603 g/mol. The number of fused-ring (bicyclic) bond motifs is 2. The van der Waals surface area contributed by atoms with Crippen molar-refractivity contribution in [3.05, 3.63) is 102 Å². The second-order valence-electron chi connectivity index (χ2n) is 12.1. The van der Waals surface area contributed by atoms with Crippen molar-refractivity contribution < 1.29 is 14.6 Å². The number of para-hydroxylation sites is 1. The molecule has 3 aromatic carbocycles. The first-order chi connectivity index (χ1) is 22.0. The molecule has 0 spiro atoms. The summed E-state index contributed by atoms with van der Waals surface area (Å²) in [6.45, 7) is 3.32. The van der Waals surface area contributed by atoms with Crippen LogP contribution in [0.15, 0.2) is 90.5 Å². The fourth-order valence-electron chi connectivity index (χ4n) is 6.93. The summed E-state index contributed by atoms with van der Waals surface area (Å²) in [5, 5.41) is 18.9. The Balaban J connectivity index is 0.998. The number of carbonyl (C=O) groups excluding carboxylic acids is 1. The van der Waals surface area contributed by atoms with Crippen LogP contribution >= 0.6 is 0 Å². The van der Waals surface area contributed by atoms with E-state index in [1.807, 2.05) is 53.4 Å². The number of phenols is 1. The molecular formula is C36H38N6O3. The number of ether oxygens (including phenoxy) is 1. The van der Waals surface area contributed by atoms with Crippen molar-refractivity contribution in [2.24, 2.45) is 0 Å². The number of aromatic nitrogens is 2. The molecular weight excluding hydrogens is 564 g/mol. The first-order valence-electron chi connectivity index (χ1n) is 15.7. The van der Waals surface area contributed by atoms with E-state index >= 15 is 0 Å². The molecule has 4 heterocycles. The summed E-state index contributed by atoms with van der Waals surface area (Å²) in [4.78, 5) is 19.3. The van der Waals surface area contributed by atoms with Gasteiger partial charge in [-0.25, -0.2) is 4.79 Å². The minimum absolute atomic E-state index is 0.175. The second-order valence-corrected chi connectivity index (χ2v) is 12.1. The van der Waals surface area contributed by atoms with Gasteiger partial charge in [-0.15, -0.1) is 10.2 Å². The number of likely N-dealkylation sites (tertiary alicyclic amines) is 1. The lowest BCUT2D eigenvalue weighted by Crippen LogP contribution is -2.54. The molecule has 4 aromatic rings. The Morgan fingerprint density at radius 3 is 2.40 bits per heavy atom. The predicted molar refractivity (Wildman–Crippen MR) is 177 cm³/mol. The highest BCUT2D eigenvalue weighted by molar-refractivity contribution is 5.75. The standard InChI is InChI=1S/C36H38N6O3/c37-35-33(21-32(38-39-35)31-11-4-5-12-34(31)43)41-22-29-13-14-30(23-41)42(29)28-10-6-9-27(20-28)19-25-15-17-40(18-16-25)36(44)45-24-26-7-2-1-3-8-26/h1-12,19-21,29-30,43H,13-18,22-24H2,(H2,37,39). The maximum Gasteiger partial charge on any atom is 0.410 e. The first-order valence-corrected chi connectivity index (χ1v) is 15.7. The van der Waals surface area contributed by atoms with E-state index in [0.29, 0.717) is 48.9 Å². The number of rotatable bonds is 6. The number of amides is 1. The Morgan fingerprint density at radius 1 is 0.911 bits per heavy atom. The van der Waals surface area contributed by atoms with E-state index < -0.39 is 0 Å². The smallest absolute Gasteiger partial charge is 0.410 e. The maximum atomic E-state index is 12.6. The summed E-state index contributed by atoms with van der Waals surface area (Å²) >= 11 is 0. The molecule has 7 rings (SSSR count). The Hall–Kier alpha value is -5.05. The Kier molecular flexibility index (Phi) is 7.98. The van der Waals surface area contributed by atoms with Crippen molar-refractivity contribution in [2.75, 3.05) is 41.7 Å². The van der Waals surface area contributed by atoms with E-state index in [9.17, 15) is 9.90 Å². The lowest BCUT2D eigenvalue weighted by molar-refractivity contribution is 0.0936. The van der Waals surface area contributed by atoms with Crippen molar-refractivity contribution in [3.63, 3.8) is 0 Å². The van der Waals surface area contributed by atoms with E-state index in [0.717, 1.165) is 50.0 Å². The van der Waals surface area contributed by atoms with Gasteiger partial charge in [0.25, 0.3) is 0 Å². The number of nitrogen functional groups attached to an aromatic ring is 1. The largest absolute Gasteiger partial charge is 0.507 e. The lowest BCUT2D eigenvalue weighted by atomic mass is 10.0. The molecule has 2 bridgehead atoms. The normalized spacial score (nSPS) is 19.5. The Labute approximate surface area is 263 Å². The molecule has 9 nitrogen and oxygen atoms in total. The molecule has 1 amide bonds. The number of anilines is 3. The number of hydrogen-bond acceptors (Lipinski definition) is 8. The van der Waals surface area contributed by atoms with Gasteiger partial charge in [0.1, 0.15) is 12.4 Å². The number of benzene rings is 3. The molecule has 9 heteroatoms. The fraction of sp³-hybridized carbons (Fsp3) is 0.306. The molecule has 1 aromatic heterocycles. The third kappa shape index (κ3) is 6.16. The van der Waals surface area contributed by atoms with Gasteiger partial charge in [-0.1, -0.05) is 66.2 Å². The van der Waals surface area contributed by atoms with Gasteiger partial charge in [0.05, 0.1) is 11.4 Å². The fourth-order valence-corrected chi connectivity index (χ4v) is 6.93. The zero-order chi connectivity index (χ0) is 30.8. The molecule has 3 fully saturated rings. The minimum Gasteiger partial charge on any atom is -0.507 e. The highest BCUT2D eigenvalue weighted by Gasteiger charge is 2.40. The Bertz CT molecular complexity index is 1690. The monoisotopic (exact) mass is 602 g/mol. The first kappa shape index (κ1) is 28.7. The highest BCUT2D eigenvalue weighted by Crippen LogP contribution is 2.39. The number of nitrogens with zero attached hydrogens (tertiary/aromatic N) is 5. The molecule has 0 radical (unpaired) electrons. The van der Waals surface area contributed by atoms with Gasteiger partial charge in [-0.3, -0.25) is 0 Å². The molecule has 2 unspecified atom stereocenters. The summed E-state index contributed by atoms with van der Waals surface area (Å²) in [7, 11) is 0. The van der Waals surface area contributed by atoms with E-state index in [2.05, 4.69) is 50.3 Å². The van der Waals surface area contributed by atoms with Gasteiger partial charge >= 0.3 is 6.09 Å². The number of hydrogen-bond donors (Lipinski definition) is 2. The summed E-state index contributed by atoms with van der Waals surface area (Å²) in [6, 6.07) is 28.5. The van der Waals surface area contributed by atoms with Crippen LogP contribution in [0, 0.1) is 0 Å². The summed E-state index contributed by atoms with van der Waals surface area (Å²) in [5.74, 6) is 0.584. The third-order valence-electron chi connectivity index (χ3n) is 9.21. The molecule has 3 N–H and O–H groups in total. The summed E-state index contributed by atoms with van der Waals surface area (Å²) in [6.07, 6.45) is 5.98. The maximum absolute atomic E-state index is 12.6. The number of nitrogens with two attached hydrogens (primary N) is 1. The third-order valence-corrected chi connectivity index (χ3v) is 9.21. The van der Waals surface area contributed by atoms with E-state index in [1.165, 1.54) is 16.8 Å². The van der Waals surface area contributed by atoms with E-state index in [-0.39, 0.29) is 11.8 Å². The van der Waals surface area contributed by atoms with Crippen LogP contribution in [0.5, 0.6) is 5.75 Å². The predicted octanol–water partition coefficient (Wildman–Crippen LogP) is 6.11. The second kappa shape index (κ2) is 12.5. The van der Waals surface area contributed by atoms with Crippen molar-refractivity contribution >= 4 is 29.4 Å². The summed E-state index contributed by atoms with van der Waals surface area (Å²) in [5.41, 5.74) is 13.3. The van der Waals surface area contributed by atoms with Gasteiger partial charge in [-0.2, -0.15) is 0 Å². The number of piperazine rings is 1. The zero-order valence-corrected chi connectivity index (χ0v) is 25.3. The minimum atomic E-state index is -0.242. The van der Waals surface area contributed by atoms with E-state index in [4.69, 9.17) is 10.5 Å².